The lowest BCUT2D eigenvalue weighted by molar-refractivity contribution is -0.109. The molecule has 1 rings (SSSR count). The van der Waals surface area contributed by atoms with Crippen molar-refractivity contribution in [1.29, 1.82) is 0 Å². The number of amides is 2. The number of hydrogen-bond acceptors (Lipinski definition) is 5. The van der Waals surface area contributed by atoms with Crippen LogP contribution in [0.5, 0.6) is 0 Å². The van der Waals surface area contributed by atoms with Gasteiger partial charge in [-0.1, -0.05) is 0 Å². The van der Waals surface area contributed by atoms with E-state index < -0.39 is 15.9 Å². The predicted molar refractivity (Wildman–Crippen MR) is 66.0 cm³/mol. The highest BCUT2D eigenvalue weighted by atomic mass is 32.2. The monoisotopic (exact) mass is 289 g/mol. The summed E-state index contributed by atoms with van der Waals surface area (Å²) in [4.78, 5) is 21.6. The van der Waals surface area contributed by atoms with Crippen molar-refractivity contribution in [3.63, 3.8) is 0 Å². The molecule has 3 N–H and O–H groups in total. The average molecular weight is 289 g/mol. The number of rotatable bonds is 8. The van der Waals surface area contributed by atoms with Crippen LogP contribution < -0.4 is 15.4 Å². The van der Waals surface area contributed by atoms with E-state index in [1.54, 1.807) is 0 Å². The summed E-state index contributed by atoms with van der Waals surface area (Å²) in [5, 5.41) is 4.67. The molecule has 0 saturated heterocycles. The van der Waals surface area contributed by atoms with E-state index in [9.17, 15) is 18.0 Å². The normalized spacial score (nSPS) is 11.0. The molecule has 0 fully saturated rings. The van der Waals surface area contributed by atoms with Crippen LogP contribution in [0.25, 0.3) is 0 Å². The number of nitrogens with one attached hydrogen (secondary N) is 3. The zero-order chi connectivity index (χ0) is 14.3. The van der Waals surface area contributed by atoms with Crippen LogP contribution in [0.2, 0.25) is 0 Å². The summed E-state index contributed by atoms with van der Waals surface area (Å²) in [5.74, 6) is -0.596. The SMILES string of the molecule is CNS(=O)(=O)c1ccc(C(=O)NCCCNC=O)o1. The van der Waals surface area contributed by atoms with E-state index in [4.69, 9.17) is 4.42 Å². The molecular weight excluding hydrogens is 274 g/mol. The Hall–Kier alpha value is -1.87. The van der Waals surface area contributed by atoms with Gasteiger partial charge < -0.3 is 15.1 Å². The lowest BCUT2D eigenvalue weighted by Gasteiger charge is -2.02. The van der Waals surface area contributed by atoms with Gasteiger partial charge in [0.1, 0.15) is 0 Å². The third-order valence-corrected chi connectivity index (χ3v) is 3.49. The van der Waals surface area contributed by atoms with Crippen molar-refractivity contribution in [2.24, 2.45) is 0 Å². The molecule has 1 heterocycles. The fraction of sp³-hybridized carbons (Fsp3) is 0.400. The summed E-state index contributed by atoms with van der Waals surface area (Å²) in [7, 11) is -2.44. The Morgan fingerprint density at radius 1 is 1.37 bits per heavy atom. The molecule has 1 aromatic rings. The molecule has 19 heavy (non-hydrogen) atoms. The molecule has 0 atom stereocenters. The molecule has 0 unspecified atom stereocenters. The maximum absolute atomic E-state index is 11.6. The Kier molecular flexibility index (Phi) is 5.52. The number of hydrogen-bond donors (Lipinski definition) is 3. The second-order valence-corrected chi connectivity index (χ2v) is 5.33. The van der Waals surface area contributed by atoms with Gasteiger partial charge in [-0.15, -0.1) is 0 Å². The van der Waals surface area contributed by atoms with Crippen molar-refractivity contribution in [2.75, 3.05) is 20.1 Å². The quantitative estimate of drug-likeness (QED) is 0.421. The van der Waals surface area contributed by atoms with Gasteiger partial charge >= 0.3 is 0 Å². The summed E-state index contributed by atoms with van der Waals surface area (Å²) in [6.07, 6.45) is 1.14. The van der Waals surface area contributed by atoms with E-state index in [2.05, 4.69) is 15.4 Å². The van der Waals surface area contributed by atoms with Gasteiger partial charge in [0.2, 0.25) is 11.5 Å². The first-order valence-corrected chi connectivity index (χ1v) is 6.98. The third kappa shape index (κ3) is 4.38. The van der Waals surface area contributed by atoms with Gasteiger partial charge in [0, 0.05) is 13.1 Å². The van der Waals surface area contributed by atoms with Crippen LogP contribution in [0.15, 0.2) is 21.6 Å². The zero-order valence-electron chi connectivity index (χ0n) is 10.3. The van der Waals surface area contributed by atoms with Crippen LogP contribution in [-0.2, 0) is 14.8 Å². The van der Waals surface area contributed by atoms with E-state index in [-0.39, 0.29) is 10.9 Å². The van der Waals surface area contributed by atoms with Crippen LogP contribution in [0.1, 0.15) is 17.0 Å². The van der Waals surface area contributed by atoms with Gasteiger partial charge in [0.15, 0.2) is 5.76 Å². The molecule has 0 aliphatic heterocycles. The highest BCUT2D eigenvalue weighted by Crippen LogP contribution is 2.13. The molecule has 0 bridgehead atoms. The molecule has 0 aliphatic carbocycles. The molecule has 8 nitrogen and oxygen atoms in total. The lowest BCUT2D eigenvalue weighted by atomic mass is 10.4. The Morgan fingerprint density at radius 2 is 2.11 bits per heavy atom. The fourth-order valence-corrected chi connectivity index (χ4v) is 1.87. The molecule has 0 radical (unpaired) electrons. The second-order valence-electron chi connectivity index (χ2n) is 3.51. The zero-order valence-corrected chi connectivity index (χ0v) is 11.1. The summed E-state index contributed by atoms with van der Waals surface area (Å²) in [6.45, 7) is 0.788. The van der Waals surface area contributed by atoms with Crippen LogP contribution in [0.4, 0.5) is 0 Å². The molecule has 0 aromatic carbocycles. The molecule has 0 aliphatic rings. The van der Waals surface area contributed by atoms with E-state index in [0.717, 1.165) is 0 Å². The summed E-state index contributed by atoms with van der Waals surface area (Å²) < 4.78 is 29.8. The molecule has 1 aromatic heterocycles. The van der Waals surface area contributed by atoms with Crippen LogP contribution in [0.3, 0.4) is 0 Å². The average Bonchev–Trinajstić information content (AvgIpc) is 2.88. The van der Waals surface area contributed by atoms with E-state index in [1.807, 2.05) is 0 Å². The first-order chi connectivity index (χ1) is 9.01. The van der Waals surface area contributed by atoms with E-state index in [1.165, 1.54) is 19.2 Å². The van der Waals surface area contributed by atoms with Gasteiger partial charge in [-0.2, -0.15) is 0 Å². The number of sulfonamides is 1. The smallest absolute Gasteiger partial charge is 0.287 e. The van der Waals surface area contributed by atoms with Crippen molar-refractivity contribution in [3.8, 4) is 0 Å². The van der Waals surface area contributed by atoms with Crippen molar-refractivity contribution >= 4 is 22.3 Å². The minimum absolute atomic E-state index is 0.0860. The Morgan fingerprint density at radius 3 is 2.74 bits per heavy atom. The van der Waals surface area contributed by atoms with Gasteiger partial charge in [-0.05, 0) is 25.6 Å². The van der Waals surface area contributed by atoms with Gasteiger partial charge in [0.25, 0.3) is 15.9 Å². The maximum Gasteiger partial charge on any atom is 0.287 e. The van der Waals surface area contributed by atoms with E-state index >= 15 is 0 Å². The summed E-state index contributed by atoms with van der Waals surface area (Å²) in [5.41, 5.74) is 0. The minimum atomic E-state index is -3.69. The highest BCUT2D eigenvalue weighted by Gasteiger charge is 2.19. The minimum Gasteiger partial charge on any atom is -0.438 e. The van der Waals surface area contributed by atoms with Crippen molar-refractivity contribution in [2.45, 2.75) is 11.5 Å². The second kappa shape index (κ2) is 6.90. The standard InChI is InChI=1S/C10H15N3O5S/c1-11-19(16,17)9-4-3-8(18-9)10(15)13-6-2-5-12-7-14/h3-4,7,11H,2,5-6H2,1H3,(H,12,14)(H,13,15). The van der Waals surface area contributed by atoms with Crippen molar-refractivity contribution in [3.05, 3.63) is 17.9 Å². The summed E-state index contributed by atoms with van der Waals surface area (Å²) in [6, 6.07) is 2.48. The molecule has 0 saturated carbocycles. The Balaban J connectivity index is 2.52. The molecule has 2 amide bonds. The van der Waals surface area contributed by atoms with Gasteiger partial charge in [-0.25, -0.2) is 13.1 Å². The maximum atomic E-state index is 11.6. The molecular formula is C10H15N3O5S. The third-order valence-electron chi connectivity index (χ3n) is 2.21. The number of carbonyl (C=O) groups is 2. The summed E-state index contributed by atoms with van der Waals surface area (Å²) >= 11 is 0. The number of carbonyl (C=O) groups excluding carboxylic acids is 2. The van der Waals surface area contributed by atoms with E-state index in [0.29, 0.717) is 25.9 Å². The largest absolute Gasteiger partial charge is 0.438 e. The van der Waals surface area contributed by atoms with Gasteiger partial charge in [-0.3, -0.25) is 9.59 Å². The van der Waals surface area contributed by atoms with Crippen LogP contribution >= 0.6 is 0 Å². The molecule has 9 heteroatoms. The fourth-order valence-electron chi connectivity index (χ4n) is 1.23. The highest BCUT2D eigenvalue weighted by molar-refractivity contribution is 7.89. The number of furan rings is 1. The van der Waals surface area contributed by atoms with Crippen molar-refractivity contribution < 1.29 is 22.4 Å². The molecule has 0 spiro atoms. The first kappa shape index (κ1) is 15.2. The predicted octanol–water partition coefficient (Wildman–Crippen LogP) is -0.946. The Bertz CT molecular complexity index is 537. The van der Waals surface area contributed by atoms with Gasteiger partial charge in [0.05, 0.1) is 0 Å². The Labute approximate surface area is 110 Å². The molecule has 106 valence electrons. The first-order valence-electron chi connectivity index (χ1n) is 5.50. The van der Waals surface area contributed by atoms with Crippen LogP contribution in [-0.4, -0.2) is 40.9 Å². The van der Waals surface area contributed by atoms with Crippen molar-refractivity contribution in [1.82, 2.24) is 15.4 Å². The topological polar surface area (TPSA) is 118 Å². The lowest BCUT2D eigenvalue weighted by Crippen LogP contribution is -2.26. The van der Waals surface area contributed by atoms with Crippen LogP contribution in [0, 0.1) is 0 Å².